The lowest BCUT2D eigenvalue weighted by Gasteiger charge is -2.31. The van der Waals surface area contributed by atoms with Gasteiger partial charge in [-0.3, -0.25) is 9.79 Å². The average molecular weight is 403 g/mol. The molecule has 10 heteroatoms. The quantitative estimate of drug-likeness (QED) is 0.802. The smallest absolute Gasteiger partial charge is 0.417 e. The van der Waals surface area contributed by atoms with Crippen molar-refractivity contribution in [3.63, 3.8) is 0 Å². The second-order valence-corrected chi connectivity index (χ2v) is 6.80. The number of fused-ring (bicyclic) bond motifs is 2. The SMILES string of the molecule is CC1=NC2(CCOc3ccc(-c4cc(C(F)(F)F)cnc4C(N)=O)cc32)N=C1N. The third-order valence-corrected chi connectivity index (χ3v) is 4.91. The Morgan fingerprint density at radius 3 is 2.62 bits per heavy atom. The Morgan fingerprint density at radius 1 is 1.24 bits per heavy atom. The number of alkyl halides is 3. The van der Waals surface area contributed by atoms with E-state index in [0.717, 1.165) is 6.07 Å². The van der Waals surface area contributed by atoms with Crippen LogP contribution in [0.1, 0.15) is 35.0 Å². The number of aromatic nitrogens is 1. The zero-order valence-electron chi connectivity index (χ0n) is 15.2. The molecule has 7 nitrogen and oxygen atoms in total. The van der Waals surface area contributed by atoms with Crippen molar-refractivity contribution in [2.75, 3.05) is 6.61 Å². The monoisotopic (exact) mass is 403 g/mol. The first-order valence-corrected chi connectivity index (χ1v) is 8.68. The van der Waals surface area contributed by atoms with Crippen LogP contribution in [-0.4, -0.2) is 29.0 Å². The van der Waals surface area contributed by atoms with Crippen molar-refractivity contribution in [3.8, 4) is 16.9 Å². The number of rotatable bonds is 2. The zero-order chi connectivity index (χ0) is 21.0. The number of hydrogen-bond donors (Lipinski definition) is 2. The number of pyridine rings is 1. The van der Waals surface area contributed by atoms with Crippen LogP contribution in [0.4, 0.5) is 13.2 Å². The molecule has 1 amide bonds. The molecule has 0 fully saturated rings. The van der Waals surface area contributed by atoms with E-state index in [-0.39, 0.29) is 11.3 Å². The maximum Gasteiger partial charge on any atom is 0.417 e. The first kappa shape index (κ1) is 18.9. The molecule has 150 valence electrons. The molecule has 1 spiro atoms. The molecule has 1 aromatic heterocycles. The fourth-order valence-electron chi connectivity index (χ4n) is 3.48. The molecule has 0 bridgehead atoms. The molecule has 2 aliphatic heterocycles. The van der Waals surface area contributed by atoms with Crippen LogP contribution < -0.4 is 16.2 Å². The van der Waals surface area contributed by atoms with E-state index in [0.29, 0.717) is 47.6 Å². The largest absolute Gasteiger partial charge is 0.493 e. The Labute approximate surface area is 163 Å². The number of amidine groups is 1. The van der Waals surface area contributed by atoms with Crippen molar-refractivity contribution >= 4 is 17.5 Å². The number of benzene rings is 1. The molecule has 2 aromatic rings. The van der Waals surface area contributed by atoms with Gasteiger partial charge in [0.2, 0.25) is 0 Å². The van der Waals surface area contributed by atoms with E-state index in [9.17, 15) is 18.0 Å². The van der Waals surface area contributed by atoms with Crippen LogP contribution in [-0.2, 0) is 11.8 Å². The van der Waals surface area contributed by atoms with Crippen molar-refractivity contribution in [3.05, 3.63) is 47.3 Å². The molecule has 4 rings (SSSR count). The molecule has 4 N–H and O–H groups in total. The van der Waals surface area contributed by atoms with Crippen molar-refractivity contribution in [2.24, 2.45) is 21.5 Å². The van der Waals surface area contributed by atoms with Crippen LogP contribution in [0.3, 0.4) is 0 Å². The van der Waals surface area contributed by atoms with E-state index >= 15 is 0 Å². The topological polar surface area (TPSA) is 116 Å². The summed E-state index contributed by atoms with van der Waals surface area (Å²) in [5, 5.41) is 0. The van der Waals surface area contributed by atoms with Crippen molar-refractivity contribution in [2.45, 2.75) is 25.2 Å². The number of amides is 1. The Hall–Kier alpha value is -3.43. The number of ether oxygens (including phenoxy) is 1. The van der Waals surface area contributed by atoms with Crippen molar-refractivity contribution < 1.29 is 22.7 Å². The van der Waals surface area contributed by atoms with Gasteiger partial charge in [-0.25, -0.2) is 9.98 Å². The van der Waals surface area contributed by atoms with Crippen LogP contribution in [0.5, 0.6) is 5.75 Å². The normalized spacial score (nSPS) is 20.7. The number of halogens is 3. The lowest BCUT2D eigenvalue weighted by Crippen LogP contribution is -2.28. The van der Waals surface area contributed by atoms with Gasteiger partial charge in [-0.1, -0.05) is 6.07 Å². The van der Waals surface area contributed by atoms with Gasteiger partial charge in [-0.15, -0.1) is 0 Å². The van der Waals surface area contributed by atoms with E-state index in [1.165, 1.54) is 0 Å². The highest BCUT2D eigenvalue weighted by molar-refractivity contribution is 6.41. The van der Waals surface area contributed by atoms with E-state index < -0.39 is 23.3 Å². The summed E-state index contributed by atoms with van der Waals surface area (Å²) in [6.45, 7) is 2.09. The molecule has 0 saturated carbocycles. The van der Waals surface area contributed by atoms with Gasteiger partial charge in [-0.05, 0) is 30.7 Å². The molecule has 0 aliphatic carbocycles. The molecule has 1 aromatic carbocycles. The number of primary amides is 1. The molecule has 2 aliphatic rings. The van der Waals surface area contributed by atoms with Crippen LogP contribution in [0.25, 0.3) is 11.1 Å². The second-order valence-electron chi connectivity index (χ2n) is 6.80. The van der Waals surface area contributed by atoms with Gasteiger partial charge in [0, 0.05) is 23.7 Å². The van der Waals surface area contributed by atoms with Gasteiger partial charge in [0.1, 0.15) is 17.3 Å². The maximum atomic E-state index is 13.2. The minimum Gasteiger partial charge on any atom is -0.493 e. The fraction of sp³-hybridized carbons (Fsp3) is 0.263. The zero-order valence-corrected chi connectivity index (χ0v) is 15.2. The molecule has 0 radical (unpaired) electrons. The fourth-order valence-corrected chi connectivity index (χ4v) is 3.48. The molecule has 3 heterocycles. The summed E-state index contributed by atoms with van der Waals surface area (Å²) >= 11 is 0. The summed E-state index contributed by atoms with van der Waals surface area (Å²) in [6.07, 6.45) is -3.62. The Balaban J connectivity index is 1.92. The number of nitrogens with zero attached hydrogens (tertiary/aromatic N) is 3. The summed E-state index contributed by atoms with van der Waals surface area (Å²) < 4.78 is 45.2. The molecule has 1 atom stereocenters. The second kappa shape index (κ2) is 6.29. The van der Waals surface area contributed by atoms with Gasteiger partial charge >= 0.3 is 6.18 Å². The van der Waals surface area contributed by atoms with Crippen LogP contribution in [0.15, 0.2) is 40.4 Å². The summed E-state index contributed by atoms with van der Waals surface area (Å²) in [7, 11) is 0. The highest BCUT2D eigenvalue weighted by Crippen LogP contribution is 2.45. The van der Waals surface area contributed by atoms with E-state index in [4.69, 9.17) is 16.2 Å². The van der Waals surface area contributed by atoms with Crippen LogP contribution in [0, 0.1) is 0 Å². The Kier molecular flexibility index (Phi) is 4.10. The molecular formula is C19H16F3N5O2. The summed E-state index contributed by atoms with van der Waals surface area (Å²) in [4.78, 5) is 24.5. The molecular weight excluding hydrogens is 387 g/mol. The number of nitrogens with two attached hydrogens (primary N) is 2. The van der Waals surface area contributed by atoms with Crippen LogP contribution in [0.2, 0.25) is 0 Å². The number of carbonyl (C=O) groups is 1. The minimum absolute atomic E-state index is 0.0356. The van der Waals surface area contributed by atoms with Crippen LogP contribution >= 0.6 is 0 Å². The molecule has 1 unspecified atom stereocenters. The standard InChI is InChI=1S/C19H16F3N5O2/c1-9-16(23)27-18(26-9)4-5-29-14-3-2-10(6-13(14)18)12-7-11(19(20,21)22)8-25-15(12)17(24)28/h2-3,6-8H,4-5H2,1H3,(H2,23,27)(H2,24,28). The van der Waals surface area contributed by atoms with E-state index in [2.05, 4.69) is 15.0 Å². The highest BCUT2D eigenvalue weighted by Gasteiger charge is 2.41. The highest BCUT2D eigenvalue weighted by atomic mass is 19.4. The average Bonchev–Trinajstić information content (AvgIpc) is 2.94. The van der Waals surface area contributed by atoms with Gasteiger partial charge in [0.25, 0.3) is 5.91 Å². The number of carbonyl (C=O) groups excluding carboxylic acids is 1. The lowest BCUT2D eigenvalue weighted by atomic mass is 9.90. The van der Waals surface area contributed by atoms with E-state index in [1.807, 2.05) is 0 Å². The van der Waals surface area contributed by atoms with Gasteiger partial charge in [0.05, 0.1) is 17.9 Å². The third-order valence-electron chi connectivity index (χ3n) is 4.91. The summed E-state index contributed by atoms with van der Waals surface area (Å²) in [6, 6.07) is 5.59. The van der Waals surface area contributed by atoms with Gasteiger partial charge in [-0.2, -0.15) is 13.2 Å². The van der Waals surface area contributed by atoms with E-state index in [1.54, 1.807) is 25.1 Å². The minimum atomic E-state index is -4.62. The first-order valence-electron chi connectivity index (χ1n) is 8.68. The maximum absolute atomic E-state index is 13.2. The third kappa shape index (κ3) is 3.10. The predicted octanol–water partition coefficient (Wildman–Crippen LogP) is 2.63. The van der Waals surface area contributed by atoms with Gasteiger partial charge in [0.15, 0.2) is 5.66 Å². The number of hydrogen-bond acceptors (Lipinski definition) is 6. The molecule has 29 heavy (non-hydrogen) atoms. The number of aliphatic imine (C=N–C) groups is 2. The summed E-state index contributed by atoms with van der Waals surface area (Å²) in [5.74, 6) is -0.147. The van der Waals surface area contributed by atoms with Gasteiger partial charge < -0.3 is 16.2 Å². The van der Waals surface area contributed by atoms with Crippen molar-refractivity contribution in [1.82, 2.24) is 4.98 Å². The first-order chi connectivity index (χ1) is 13.6. The molecule has 0 saturated heterocycles. The lowest BCUT2D eigenvalue weighted by molar-refractivity contribution is -0.137. The predicted molar refractivity (Wildman–Crippen MR) is 99.7 cm³/mol. The summed E-state index contributed by atoms with van der Waals surface area (Å²) in [5.41, 5.74) is 10.4. The van der Waals surface area contributed by atoms with Crippen molar-refractivity contribution in [1.29, 1.82) is 0 Å². The Bertz CT molecular complexity index is 1070. The Morgan fingerprint density at radius 2 is 2.00 bits per heavy atom.